The molecule has 0 N–H and O–H groups in total. The molecule has 112 valence electrons. The van der Waals surface area contributed by atoms with Gasteiger partial charge in [-0.15, -0.1) is 0 Å². The Balaban J connectivity index is 2.75. The molecule has 2 nitrogen and oxygen atoms in total. The topological polar surface area (TPSA) is 25.8 Å². The molecule has 0 bridgehead atoms. The second-order valence-electron chi connectivity index (χ2n) is 5.89. The van der Waals surface area contributed by atoms with E-state index in [1.165, 1.54) is 16.7 Å². The Bertz CT molecular complexity index is 706. The lowest BCUT2D eigenvalue weighted by atomic mass is 9.71. The predicted octanol–water partition coefficient (Wildman–Crippen LogP) is 5.53. The molecule has 0 spiro atoms. The molecule has 1 atom stereocenters. The van der Waals surface area contributed by atoms with E-state index in [0.717, 1.165) is 23.7 Å². The molecule has 1 unspecified atom stereocenters. The van der Waals surface area contributed by atoms with E-state index < -0.39 is 0 Å². The largest absolute Gasteiger partial charge is 0.233 e. The minimum absolute atomic E-state index is 0.0404. The van der Waals surface area contributed by atoms with Crippen molar-refractivity contribution in [2.24, 2.45) is 0 Å². The van der Waals surface area contributed by atoms with E-state index in [9.17, 15) is 0 Å². The summed E-state index contributed by atoms with van der Waals surface area (Å²) in [5, 5.41) is 1.45. The molecule has 21 heavy (non-hydrogen) atoms. The fourth-order valence-electron chi connectivity index (χ4n) is 2.97. The molecule has 0 radical (unpaired) electrons. The van der Waals surface area contributed by atoms with E-state index in [1.807, 2.05) is 6.92 Å². The van der Waals surface area contributed by atoms with E-state index in [1.54, 1.807) is 0 Å². The summed E-state index contributed by atoms with van der Waals surface area (Å²) >= 11 is 6.32. The summed E-state index contributed by atoms with van der Waals surface area (Å²) in [5.41, 5.74) is 4.63. The van der Waals surface area contributed by atoms with Gasteiger partial charge in [0.05, 0.1) is 5.52 Å². The van der Waals surface area contributed by atoms with Gasteiger partial charge in [0, 0.05) is 10.8 Å². The van der Waals surface area contributed by atoms with Crippen LogP contribution in [0.2, 0.25) is 5.15 Å². The third-order valence-electron chi connectivity index (χ3n) is 4.62. The minimum Gasteiger partial charge on any atom is -0.233 e. The van der Waals surface area contributed by atoms with Crippen molar-refractivity contribution in [3.63, 3.8) is 0 Å². The van der Waals surface area contributed by atoms with Gasteiger partial charge in [-0.25, -0.2) is 9.97 Å². The van der Waals surface area contributed by atoms with Crippen molar-refractivity contribution in [2.75, 3.05) is 0 Å². The van der Waals surface area contributed by atoms with Crippen LogP contribution < -0.4 is 0 Å². The Labute approximate surface area is 132 Å². The quantitative estimate of drug-likeness (QED) is 0.548. The Kier molecular flexibility index (Phi) is 4.38. The Morgan fingerprint density at radius 3 is 2.48 bits per heavy atom. The van der Waals surface area contributed by atoms with Crippen LogP contribution in [0.4, 0.5) is 0 Å². The molecule has 3 heteroatoms. The molecule has 0 amide bonds. The summed E-state index contributed by atoms with van der Waals surface area (Å²) in [6, 6.07) is 4.26. The first-order chi connectivity index (χ1) is 9.83. The van der Waals surface area contributed by atoms with E-state index in [-0.39, 0.29) is 5.41 Å². The number of hydrogen-bond donors (Lipinski definition) is 0. The number of nitrogens with zero attached hydrogens (tertiary/aromatic N) is 2. The van der Waals surface area contributed by atoms with Gasteiger partial charge in [-0.2, -0.15) is 0 Å². The molecule has 1 aromatic heterocycles. The molecule has 0 aliphatic carbocycles. The second-order valence-corrected chi connectivity index (χ2v) is 6.25. The lowest BCUT2D eigenvalue weighted by Gasteiger charge is -2.33. The minimum atomic E-state index is -0.0404. The fourth-order valence-corrected chi connectivity index (χ4v) is 3.24. The van der Waals surface area contributed by atoms with Gasteiger partial charge >= 0.3 is 0 Å². The van der Waals surface area contributed by atoms with Crippen molar-refractivity contribution in [1.82, 2.24) is 9.97 Å². The van der Waals surface area contributed by atoms with E-state index >= 15 is 0 Å². The number of allylic oxidation sites excluding steroid dienone is 1. The van der Waals surface area contributed by atoms with Gasteiger partial charge in [-0.05, 0) is 49.9 Å². The standard InChI is InChI=1S/C18H23ClN2/c1-7-12(4)18(6,8-2)15-10-14-16(9-11(15)3)20-13(5)21-17(14)19/h9-10H,4,7-8H2,1-3,5-6H3. The Morgan fingerprint density at radius 2 is 1.90 bits per heavy atom. The molecule has 0 aliphatic rings. The summed E-state index contributed by atoms with van der Waals surface area (Å²) < 4.78 is 0. The van der Waals surface area contributed by atoms with Crippen LogP contribution in [-0.4, -0.2) is 9.97 Å². The summed E-state index contributed by atoms with van der Waals surface area (Å²) in [6.07, 6.45) is 1.98. The number of aromatic nitrogens is 2. The van der Waals surface area contributed by atoms with Crippen LogP contribution in [0, 0.1) is 13.8 Å². The first kappa shape index (κ1) is 16.0. The van der Waals surface area contributed by atoms with Crippen molar-refractivity contribution in [1.29, 1.82) is 0 Å². The zero-order chi connectivity index (χ0) is 15.8. The maximum atomic E-state index is 6.32. The SMILES string of the molecule is C=C(CC)C(C)(CC)c1cc2c(Cl)nc(C)nc2cc1C. The van der Waals surface area contributed by atoms with Gasteiger partial charge in [0.25, 0.3) is 0 Å². The third-order valence-corrected chi connectivity index (χ3v) is 4.90. The van der Waals surface area contributed by atoms with Crippen LogP contribution in [-0.2, 0) is 5.41 Å². The van der Waals surface area contributed by atoms with Crippen LogP contribution in [0.5, 0.6) is 0 Å². The molecule has 0 saturated heterocycles. The maximum absolute atomic E-state index is 6.32. The predicted molar refractivity (Wildman–Crippen MR) is 91.1 cm³/mol. The van der Waals surface area contributed by atoms with Crippen LogP contribution in [0.15, 0.2) is 24.3 Å². The maximum Gasteiger partial charge on any atom is 0.140 e. The number of rotatable bonds is 4. The van der Waals surface area contributed by atoms with Crippen molar-refractivity contribution in [2.45, 2.75) is 52.9 Å². The van der Waals surface area contributed by atoms with Crippen molar-refractivity contribution < 1.29 is 0 Å². The molecule has 0 aliphatic heterocycles. The van der Waals surface area contributed by atoms with E-state index in [4.69, 9.17) is 11.6 Å². The molecular weight excluding hydrogens is 280 g/mol. The lowest BCUT2D eigenvalue weighted by Crippen LogP contribution is -2.24. The summed E-state index contributed by atoms with van der Waals surface area (Å²) in [4.78, 5) is 8.77. The monoisotopic (exact) mass is 302 g/mol. The Morgan fingerprint density at radius 1 is 1.24 bits per heavy atom. The molecular formula is C18H23ClN2. The van der Waals surface area contributed by atoms with Gasteiger partial charge in [0.15, 0.2) is 0 Å². The third kappa shape index (κ3) is 2.69. The smallest absolute Gasteiger partial charge is 0.140 e. The van der Waals surface area contributed by atoms with Crippen LogP contribution >= 0.6 is 11.6 Å². The highest BCUT2D eigenvalue weighted by Crippen LogP contribution is 2.39. The van der Waals surface area contributed by atoms with Crippen molar-refractivity contribution in [3.05, 3.63) is 46.4 Å². The number of hydrogen-bond acceptors (Lipinski definition) is 2. The Hall–Kier alpha value is -1.41. The second kappa shape index (κ2) is 5.76. The van der Waals surface area contributed by atoms with Gasteiger partial charge < -0.3 is 0 Å². The van der Waals surface area contributed by atoms with Gasteiger partial charge in [0.1, 0.15) is 11.0 Å². The summed E-state index contributed by atoms with van der Waals surface area (Å²) in [7, 11) is 0. The highest BCUT2D eigenvalue weighted by Gasteiger charge is 2.29. The molecule has 0 fully saturated rings. The zero-order valence-corrected chi connectivity index (χ0v) is 14.3. The fraction of sp³-hybridized carbons (Fsp3) is 0.444. The molecule has 2 aromatic rings. The highest BCUT2D eigenvalue weighted by molar-refractivity contribution is 6.34. The number of benzene rings is 1. The van der Waals surface area contributed by atoms with Gasteiger partial charge in [-0.3, -0.25) is 0 Å². The average Bonchev–Trinajstić information content (AvgIpc) is 2.44. The van der Waals surface area contributed by atoms with Crippen molar-refractivity contribution in [3.8, 4) is 0 Å². The van der Waals surface area contributed by atoms with E-state index in [0.29, 0.717) is 11.0 Å². The molecule has 2 rings (SSSR count). The first-order valence-corrected chi connectivity index (χ1v) is 7.84. The number of halogens is 1. The van der Waals surface area contributed by atoms with Gasteiger partial charge in [-0.1, -0.05) is 44.5 Å². The summed E-state index contributed by atoms with van der Waals surface area (Å²) in [6.45, 7) is 14.9. The van der Waals surface area contributed by atoms with Gasteiger partial charge in [0.2, 0.25) is 0 Å². The molecule has 1 heterocycles. The number of fused-ring (bicyclic) bond motifs is 1. The number of aryl methyl sites for hydroxylation is 2. The summed E-state index contributed by atoms with van der Waals surface area (Å²) in [5.74, 6) is 0.705. The van der Waals surface area contributed by atoms with E-state index in [2.05, 4.69) is 56.4 Å². The lowest BCUT2D eigenvalue weighted by molar-refractivity contribution is 0.521. The normalized spacial score (nSPS) is 14.2. The zero-order valence-electron chi connectivity index (χ0n) is 13.5. The van der Waals surface area contributed by atoms with Crippen LogP contribution in [0.3, 0.4) is 0 Å². The first-order valence-electron chi connectivity index (χ1n) is 7.46. The molecule has 1 aromatic carbocycles. The molecule has 0 saturated carbocycles. The van der Waals surface area contributed by atoms with Crippen LogP contribution in [0.25, 0.3) is 10.9 Å². The van der Waals surface area contributed by atoms with Crippen LogP contribution in [0.1, 0.15) is 50.6 Å². The van der Waals surface area contributed by atoms with Crippen molar-refractivity contribution >= 4 is 22.5 Å². The average molecular weight is 303 g/mol. The highest BCUT2D eigenvalue weighted by atomic mass is 35.5.